The van der Waals surface area contributed by atoms with Crippen LogP contribution in [0, 0.1) is 0 Å². The van der Waals surface area contributed by atoms with Gasteiger partial charge in [-0.2, -0.15) is 8.42 Å². The van der Waals surface area contributed by atoms with Gasteiger partial charge in [0.25, 0.3) is 0 Å². The highest BCUT2D eigenvalue weighted by molar-refractivity contribution is 7.81. The van der Waals surface area contributed by atoms with Gasteiger partial charge in [0.05, 0.1) is 33.0 Å². The average molecular weight is 557 g/mol. The third-order valence-electron chi connectivity index (χ3n) is 6.51. The molecule has 9 nitrogen and oxygen atoms in total. The molecular formula is C29H32O9S. The second-order valence-corrected chi connectivity index (χ2v) is 10.5. The van der Waals surface area contributed by atoms with Crippen molar-refractivity contribution in [2.24, 2.45) is 0 Å². The molecule has 208 valence electrons. The smallest absolute Gasteiger partial charge is 0.374 e. The highest BCUT2D eigenvalue weighted by Gasteiger charge is 2.49. The van der Waals surface area contributed by atoms with Crippen molar-refractivity contribution in [3.8, 4) is 0 Å². The Morgan fingerprint density at radius 1 is 0.769 bits per heavy atom. The lowest BCUT2D eigenvalue weighted by Gasteiger charge is -2.37. The maximum atomic E-state index is 12.3. The van der Waals surface area contributed by atoms with Crippen molar-refractivity contribution in [1.82, 2.24) is 0 Å². The first-order valence-electron chi connectivity index (χ1n) is 12.8. The topological polar surface area (TPSA) is 98.8 Å². The molecular weight excluding hydrogens is 524 g/mol. The van der Waals surface area contributed by atoms with Crippen molar-refractivity contribution in [2.45, 2.75) is 50.3 Å². The summed E-state index contributed by atoms with van der Waals surface area (Å²) in [5.41, 5.74) is 2.90. The van der Waals surface area contributed by atoms with Crippen molar-refractivity contribution in [2.75, 3.05) is 20.0 Å². The Labute approximate surface area is 228 Å². The molecule has 0 aromatic heterocycles. The van der Waals surface area contributed by atoms with Crippen molar-refractivity contribution >= 4 is 10.4 Å². The molecule has 3 aromatic rings. The van der Waals surface area contributed by atoms with Crippen LogP contribution in [0.5, 0.6) is 0 Å². The Hall–Kier alpha value is -2.67. The van der Waals surface area contributed by atoms with Crippen molar-refractivity contribution in [3.05, 3.63) is 108 Å². The van der Waals surface area contributed by atoms with E-state index >= 15 is 0 Å². The van der Waals surface area contributed by atoms with Crippen LogP contribution in [0.3, 0.4) is 0 Å². The minimum atomic E-state index is -4.23. The zero-order valence-corrected chi connectivity index (χ0v) is 22.2. The molecule has 0 saturated carbocycles. The lowest BCUT2D eigenvalue weighted by atomic mass is 9.99. The van der Waals surface area contributed by atoms with E-state index in [9.17, 15) is 8.42 Å². The molecule has 0 unspecified atom stereocenters. The Kier molecular flexibility index (Phi) is 9.72. The molecule has 0 radical (unpaired) electrons. The van der Waals surface area contributed by atoms with E-state index < -0.39 is 40.9 Å². The van der Waals surface area contributed by atoms with Crippen LogP contribution in [-0.2, 0) is 62.3 Å². The quantitative estimate of drug-likeness (QED) is 0.349. The Bertz CT molecular complexity index is 1240. The number of rotatable bonds is 11. The highest BCUT2D eigenvalue weighted by atomic mass is 32.3. The molecule has 2 saturated heterocycles. The van der Waals surface area contributed by atoms with Crippen LogP contribution in [0.4, 0.5) is 0 Å². The molecule has 0 spiro atoms. The van der Waals surface area contributed by atoms with Gasteiger partial charge in [0.1, 0.15) is 37.3 Å². The fraction of sp³-hybridized carbons (Fsp3) is 0.379. The van der Waals surface area contributed by atoms with Gasteiger partial charge in [-0.1, -0.05) is 91.0 Å². The highest BCUT2D eigenvalue weighted by Crippen LogP contribution is 2.30. The van der Waals surface area contributed by atoms with Gasteiger partial charge in [-0.25, -0.2) is 8.37 Å². The molecule has 5 rings (SSSR count). The van der Waals surface area contributed by atoms with E-state index in [-0.39, 0.29) is 26.6 Å². The zero-order chi connectivity index (χ0) is 26.9. The van der Waals surface area contributed by atoms with E-state index in [2.05, 4.69) is 0 Å². The number of hydrogen-bond acceptors (Lipinski definition) is 9. The Balaban J connectivity index is 1.39. The molecule has 2 heterocycles. The lowest BCUT2D eigenvalue weighted by Crippen LogP contribution is -2.55. The molecule has 0 aliphatic carbocycles. The van der Waals surface area contributed by atoms with Gasteiger partial charge in [0.15, 0.2) is 0 Å². The van der Waals surface area contributed by atoms with Crippen LogP contribution in [0.2, 0.25) is 0 Å². The standard InChI is InChI=1S/C29H32O9S/c30-39(31)37-20-26-28(38-39)29(34-18-24-14-8-3-9-15-24)27(36-21-35-26)25(33-17-23-12-6-2-7-13-23)19-32-16-22-10-4-1-5-11-22/h1-15,25-29H,16-21H2/t25-,26-,27-,28-,29-/m1/s1. The molecule has 0 bridgehead atoms. The third-order valence-corrected chi connectivity index (χ3v) is 7.40. The maximum Gasteiger partial charge on any atom is 0.400 e. The van der Waals surface area contributed by atoms with Crippen molar-refractivity contribution < 1.29 is 40.5 Å². The molecule has 39 heavy (non-hydrogen) atoms. The van der Waals surface area contributed by atoms with Crippen LogP contribution >= 0.6 is 0 Å². The van der Waals surface area contributed by atoms with Gasteiger partial charge in [-0.15, -0.1) is 0 Å². The van der Waals surface area contributed by atoms with Crippen molar-refractivity contribution in [3.63, 3.8) is 0 Å². The van der Waals surface area contributed by atoms with Gasteiger partial charge in [0, 0.05) is 0 Å². The summed E-state index contributed by atoms with van der Waals surface area (Å²) in [4.78, 5) is 0. The summed E-state index contributed by atoms with van der Waals surface area (Å²) in [6, 6.07) is 29.1. The molecule has 3 aromatic carbocycles. The second kappa shape index (κ2) is 13.6. The van der Waals surface area contributed by atoms with Gasteiger partial charge in [0.2, 0.25) is 0 Å². The largest absolute Gasteiger partial charge is 0.400 e. The number of ether oxygens (including phenoxy) is 5. The Morgan fingerprint density at radius 3 is 2.00 bits per heavy atom. The molecule has 2 aliphatic heterocycles. The van der Waals surface area contributed by atoms with E-state index in [1.54, 1.807) is 0 Å². The van der Waals surface area contributed by atoms with Crippen LogP contribution in [-0.4, -0.2) is 58.9 Å². The fourth-order valence-corrected chi connectivity index (χ4v) is 5.39. The van der Waals surface area contributed by atoms with Gasteiger partial charge < -0.3 is 23.7 Å². The first kappa shape index (κ1) is 27.9. The number of benzene rings is 3. The van der Waals surface area contributed by atoms with Crippen LogP contribution in [0.1, 0.15) is 16.7 Å². The van der Waals surface area contributed by atoms with Crippen LogP contribution in [0.15, 0.2) is 91.0 Å². The third kappa shape index (κ3) is 7.93. The summed E-state index contributed by atoms with van der Waals surface area (Å²) in [5.74, 6) is 0. The molecule has 0 amide bonds. The van der Waals surface area contributed by atoms with E-state index in [4.69, 9.17) is 32.1 Å². The van der Waals surface area contributed by atoms with Gasteiger partial charge in [-0.3, -0.25) is 0 Å². The van der Waals surface area contributed by atoms with E-state index in [1.807, 2.05) is 91.0 Å². The SMILES string of the molecule is O=S1(=O)OC[C@H]2OCO[C@H]([C@@H](COCc3ccccc3)OCc3ccccc3)[C@@H](OCc3ccccc3)[C@@H]2O1. The van der Waals surface area contributed by atoms with Gasteiger partial charge >= 0.3 is 10.4 Å². The predicted molar refractivity (Wildman–Crippen MR) is 140 cm³/mol. The van der Waals surface area contributed by atoms with E-state index in [0.29, 0.717) is 13.2 Å². The van der Waals surface area contributed by atoms with E-state index in [0.717, 1.165) is 16.7 Å². The summed E-state index contributed by atoms with van der Waals surface area (Å²) in [6.45, 7) is 0.716. The van der Waals surface area contributed by atoms with E-state index in [1.165, 1.54) is 0 Å². The molecule has 10 heteroatoms. The predicted octanol–water partition coefficient (Wildman–Crippen LogP) is 3.78. The average Bonchev–Trinajstić information content (AvgIpc) is 3.13. The summed E-state index contributed by atoms with van der Waals surface area (Å²) < 4.78 is 65.6. The fourth-order valence-electron chi connectivity index (χ4n) is 4.53. The Morgan fingerprint density at radius 2 is 1.36 bits per heavy atom. The first-order chi connectivity index (χ1) is 19.1. The summed E-state index contributed by atoms with van der Waals surface area (Å²) in [7, 11) is -4.23. The summed E-state index contributed by atoms with van der Waals surface area (Å²) in [5, 5.41) is 0. The van der Waals surface area contributed by atoms with Crippen molar-refractivity contribution in [1.29, 1.82) is 0 Å². The van der Waals surface area contributed by atoms with Gasteiger partial charge in [-0.05, 0) is 16.7 Å². The number of hydrogen-bond donors (Lipinski definition) is 0. The maximum absolute atomic E-state index is 12.3. The van der Waals surface area contributed by atoms with Crippen LogP contribution in [0.25, 0.3) is 0 Å². The van der Waals surface area contributed by atoms with Crippen LogP contribution < -0.4 is 0 Å². The first-order valence-corrected chi connectivity index (χ1v) is 14.1. The number of fused-ring (bicyclic) bond motifs is 1. The summed E-state index contributed by atoms with van der Waals surface area (Å²) in [6.07, 6.45) is -3.98. The lowest BCUT2D eigenvalue weighted by molar-refractivity contribution is -0.183. The monoisotopic (exact) mass is 556 g/mol. The normalized spacial score (nSPS) is 25.3. The molecule has 2 aliphatic rings. The minimum Gasteiger partial charge on any atom is -0.374 e. The minimum absolute atomic E-state index is 0.117. The zero-order valence-electron chi connectivity index (χ0n) is 21.4. The molecule has 2 fully saturated rings. The molecule has 5 atom stereocenters. The molecule has 0 N–H and O–H groups in total. The second-order valence-electron chi connectivity index (χ2n) is 9.30. The summed E-state index contributed by atoms with van der Waals surface area (Å²) >= 11 is 0.